The van der Waals surface area contributed by atoms with Gasteiger partial charge in [-0.2, -0.15) is 0 Å². The Labute approximate surface area is 136 Å². The molecule has 0 unspecified atom stereocenters. The fourth-order valence-electron chi connectivity index (χ4n) is 2.65. The molecule has 1 N–H and O–H groups in total. The van der Waals surface area contributed by atoms with Crippen LogP contribution in [0, 0.1) is 6.92 Å². The molecule has 2 aromatic rings. The molecule has 1 amide bonds. The zero-order valence-electron chi connectivity index (χ0n) is 13.3. The lowest BCUT2D eigenvalue weighted by molar-refractivity contribution is 0.0952. The molecule has 0 atom stereocenters. The van der Waals surface area contributed by atoms with Crippen LogP contribution in [0.25, 0.3) is 0 Å². The molecule has 0 saturated carbocycles. The van der Waals surface area contributed by atoms with Gasteiger partial charge in [0.05, 0.1) is 0 Å². The molecule has 0 aliphatic carbocycles. The van der Waals surface area contributed by atoms with Crippen molar-refractivity contribution in [3.63, 3.8) is 0 Å². The van der Waals surface area contributed by atoms with E-state index in [9.17, 15) is 4.79 Å². The van der Waals surface area contributed by atoms with E-state index in [1.807, 2.05) is 0 Å². The van der Waals surface area contributed by atoms with Crippen molar-refractivity contribution in [1.82, 2.24) is 5.32 Å². The first-order valence-electron chi connectivity index (χ1n) is 7.96. The van der Waals surface area contributed by atoms with E-state index >= 15 is 0 Å². The lowest BCUT2D eigenvalue weighted by Crippen LogP contribution is -2.25. The maximum atomic E-state index is 12.2. The van der Waals surface area contributed by atoms with E-state index < -0.39 is 0 Å². The molecule has 120 valence electrons. The summed E-state index contributed by atoms with van der Waals surface area (Å²) in [5.41, 5.74) is 3.17. The van der Waals surface area contributed by atoms with Crippen molar-refractivity contribution in [2.45, 2.75) is 19.8 Å². The monoisotopic (exact) mass is 311 g/mol. The number of carbonyl (C=O) groups is 1. The van der Waals surface area contributed by atoms with Crippen molar-refractivity contribution in [2.75, 3.05) is 19.8 Å². The molecule has 1 aliphatic heterocycles. The van der Waals surface area contributed by atoms with Crippen LogP contribution in [0.5, 0.6) is 11.5 Å². The van der Waals surface area contributed by atoms with E-state index in [2.05, 4.69) is 36.5 Å². The average Bonchev–Trinajstić information content (AvgIpc) is 2.58. The SMILES string of the molecule is Cc1cccc(CCCNC(=O)c2ccc3c(c2)OCCO3)c1. The highest BCUT2D eigenvalue weighted by Crippen LogP contribution is 2.30. The largest absolute Gasteiger partial charge is 0.486 e. The van der Waals surface area contributed by atoms with E-state index in [1.165, 1.54) is 11.1 Å². The standard InChI is InChI=1S/C19H21NO3/c1-14-4-2-5-15(12-14)6-3-9-20-19(21)16-7-8-17-18(13-16)23-11-10-22-17/h2,4-5,7-8,12-13H,3,6,9-11H2,1H3,(H,20,21). The van der Waals surface area contributed by atoms with Crippen LogP contribution >= 0.6 is 0 Å². The van der Waals surface area contributed by atoms with Crippen LogP contribution in [0.4, 0.5) is 0 Å². The maximum Gasteiger partial charge on any atom is 0.251 e. The predicted octanol–water partition coefficient (Wildman–Crippen LogP) is 3.13. The van der Waals surface area contributed by atoms with Gasteiger partial charge in [-0.05, 0) is 43.5 Å². The first-order chi connectivity index (χ1) is 11.2. The zero-order chi connectivity index (χ0) is 16.1. The molecule has 3 rings (SSSR count). The molecule has 1 aliphatic rings. The Bertz CT molecular complexity index is 697. The molecular formula is C19H21NO3. The van der Waals surface area contributed by atoms with Crippen molar-refractivity contribution in [3.8, 4) is 11.5 Å². The van der Waals surface area contributed by atoms with Crippen molar-refractivity contribution < 1.29 is 14.3 Å². The summed E-state index contributed by atoms with van der Waals surface area (Å²) >= 11 is 0. The van der Waals surface area contributed by atoms with Gasteiger partial charge in [0.2, 0.25) is 0 Å². The summed E-state index contributed by atoms with van der Waals surface area (Å²) in [5.74, 6) is 1.27. The molecule has 0 spiro atoms. The fourth-order valence-corrected chi connectivity index (χ4v) is 2.65. The number of hydrogen-bond donors (Lipinski definition) is 1. The van der Waals surface area contributed by atoms with E-state index in [0.29, 0.717) is 36.8 Å². The molecule has 0 saturated heterocycles. The van der Waals surface area contributed by atoms with Gasteiger partial charge in [-0.15, -0.1) is 0 Å². The molecule has 2 aromatic carbocycles. The Balaban J connectivity index is 1.49. The van der Waals surface area contributed by atoms with E-state index in [4.69, 9.17) is 9.47 Å². The zero-order valence-corrected chi connectivity index (χ0v) is 13.3. The van der Waals surface area contributed by atoms with E-state index in [1.54, 1.807) is 18.2 Å². The topological polar surface area (TPSA) is 47.6 Å². The first-order valence-corrected chi connectivity index (χ1v) is 7.96. The molecule has 0 fully saturated rings. The van der Waals surface area contributed by atoms with Crippen LogP contribution in [-0.4, -0.2) is 25.7 Å². The van der Waals surface area contributed by atoms with Crippen molar-refractivity contribution in [2.24, 2.45) is 0 Å². The second kappa shape index (κ2) is 7.18. The van der Waals surface area contributed by atoms with Gasteiger partial charge >= 0.3 is 0 Å². The third kappa shape index (κ3) is 4.03. The van der Waals surface area contributed by atoms with Crippen LogP contribution in [0.2, 0.25) is 0 Å². The maximum absolute atomic E-state index is 12.2. The number of amides is 1. The van der Waals surface area contributed by atoms with Crippen LogP contribution < -0.4 is 14.8 Å². The quantitative estimate of drug-likeness (QED) is 0.863. The highest BCUT2D eigenvalue weighted by molar-refractivity contribution is 5.94. The minimum Gasteiger partial charge on any atom is -0.486 e. The van der Waals surface area contributed by atoms with Gasteiger partial charge in [0.1, 0.15) is 13.2 Å². The Hall–Kier alpha value is -2.49. The summed E-state index contributed by atoms with van der Waals surface area (Å²) < 4.78 is 11.0. The Kier molecular flexibility index (Phi) is 4.81. The summed E-state index contributed by atoms with van der Waals surface area (Å²) in [6.07, 6.45) is 1.88. The van der Waals surface area contributed by atoms with Gasteiger partial charge in [0.15, 0.2) is 11.5 Å². The summed E-state index contributed by atoms with van der Waals surface area (Å²) in [5, 5.41) is 2.96. The van der Waals surface area contributed by atoms with Crippen molar-refractivity contribution in [3.05, 3.63) is 59.2 Å². The number of aryl methyl sites for hydroxylation is 2. The van der Waals surface area contributed by atoms with Crippen molar-refractivity contribution in [1.29, 1.82) is 0 Å². The smallest absolute Gasteiger partial charge is 0.251 e. The summed E-state index contributed by atoms with van der Waals surface area (Å²) in [4.78, 5) is 12.2. The number of hydrogen-bond acceptors (Lipinski definition) is 3. The minimum absolute atomic E-state index is 0.0776. The third-order valence-corrected chi connectivity index (χ3v) is 3.81. The van der Waals surface area contributed by atoms with Crippen LogP contribution in [0.15, 0.2) is 42.5 Å². The minimum atomic E-state index is -0.0776. The van der Waals surface area contributed by atoms with Gasteiger partial charge in [-0.25, -0.2) is 0 Å². The average molecular weight is 311 g/mol. The van der Waals surface area contributed by atoms with E-state index in [-0.39, 0.29) is 5.91 Å². The van der Waals surface area contributed by atoms with Crippen LogP contribution in [0.1, 0.15) is 27.9 Å². The number of ether oxygens (including phenoxy) is 2. The molecule has 23 heavy (non-hydrogen) atoms. The molecule has 4 nitrogen and oxygen atoms in total. The van der Waals surface area contributed by atoms with Gasteiger partial charge in [-0.3, -0.25) is 4.79 Å². The molecular weight excluding hydrogens is 290 g/mol. The summed E-state index contributed by atoms with van der Waals surface area (Å²) in [6.45, 7) is 3.82. The number of benzene rings is 2. The Morgan fingerprint density at radius 1 is 1.09 bits per heavy atom. The number of fused-ring (bicyclic) bond motifs is 1. The van der Waals surface area contributed by atoms with Crippen LogP contribution in [0.3, 0.4) is 0 Å². The predicted molar refractivity (Wildman–Crippen MR) is 89.3 cm³/mol. The summed E-state index contributed by atoms with van der Waals surface area (Å²) in [7, 11) is 0. The van der Waals surface area contributed by atoms with Gasteiger partial charge < -0.3 is 14.8 Å². The summed E-state index contributed by atoms with van der Waals surface area (Å²) in [6, 6.07) is 13.8. The molecule has 0 bridgehead atoms. The first kappa shape index (κ1) is 15.4. The Morgan fingerprint density at radius 2 is 1.91 bits per heavy atom. The highest BCUT2D eigenvalue weighted by atomic mass is 16.6. The second-order valence-electron chi connectivity index (χ2n) is 5.71. The van der Waals surface area contributed by atoms with Crippen molar-refractivity contribution >= 4 is 5.91 Å². The lowest BCUT2D eigenvalue weighted by atomic mass is 10.1. The van der Waals surface area contributed by atoms with Crippen LogP contribution in [-0.2, 0) is 6.42 Å². The normalized spacial score (nSPS) is 12.7. The van der Waals surface area contributed by atoms with E-state index in [0.717, 1.165) is 12.8 Å². The van der Waals surface area contributed by atoms with Gasteiger partial charge in [-0.1, -0.05) is 29.8 Å². The number of carbonyl (C=O) groups excluding carboxylic acids is 1. The van der Waals surface area contributed by atoms with Gasteiger partial charge in [0.25, 0.3) is 5.91 Å². The second-order valence-corrected chi connectivity index (χ2v) is 5.71. The molecule has 0 radical (unpaired) electrons. The molecule has 1 heterocycles. The fraction of sp³-hybridized carbons (Fsp3) is 0.316. The third-order valence-electron chi connectivity index (χ3n) is 3.81. The molecule has 0 aromatic heterocycles. The number of rotatable bonds is 5. The Morgan fingerprint density at radius 3 is 2.74 bits per heavy atom. The highest BCUT2D eigenvalue weighted by Gasteiger charge is 2.14. The molecule has 4 heteroatoms. The number of nitrogens with one attached hydrogen (secondary N) is 1. The lowest BCUT2D eigenvalue weighted by Gasteiger charge is -2.18. The van der Waals surface area contributed by atoms with Gasteiger partial charge in [0, 0.05) is 12.1 Å².